The van der Waals surface area contributed by atoms with E-state index in [-0.39, 0.29) is 5.91 Å². The third-order valence-electron chi connectivity index (χ3n) is 2.85. The van der Waals surface area contributed by atoms with Gasteiger partial charge in [-0.05, 0) is 43.4 Å². The highest BCUT2D eigenvalue weighted by atomic mass is 79.9. The molecular weight excluding hydrogens is 292 g/mol. The Hall–Kier alpha value is -1.42. The first-order valence-corrected chi connectivity index (χ1v) is 6.79. The second kappa shape index (κ2) is 6.50. The molecule has 0 saturated heterocycles. The Labute approximate surface area is 115 Å². The van der Waals surface area contributed by atoms with Gasteiger partial charge in [-0.25, -0.2) is 5.43 Å². The molecule has 2 rings (SSSR count). The molecule has 1 aliphatic carbocycles. The molecule has 94 valence electrons. The number of allylic oxidation sites excluding steroid dienone is 2. The first kappa shape index (κ1) is 13.0. The van der Waals surface area contributed by atoms with Crippen LogP contribution in [0.15, 0.2) is 46.0 Å². The van der Waals surface area contributed by atoms with Crippen LogP contribution in [0.1, 0.15) is 29.6 Å². The molecule has 0 heterocycles. The zero-order valence-corrected chi connectivity index (χ0v) is 11.6. The van der Waals surface area contributed by atoms with Gasteiger partial charge in [0.1, 0.15) is 0 Å². The molecule has 18 heavy (non-hydrogen) atoms. The molecule has 1 amide bonds. The molecule has 0 saturated carbocycles. The van der Waals surface area contributed by atoms with E-state index >= 15 is 0 Å². The fraction of sp³-hybridized carbons (Fsp3) is 0.286. The summed E-state index contributed by atoms with van der Waals surface area (Å²) in [6, 6.07) is 7.25. The quantitative estimate of drug-likeness (QED) is 0.518. The molecule has 1 aromatic carbocycles. The van der Waals surface area contributed by atoms with Crippen molar-refractivity contribution in [1.82, 2.24) is 5.43 Å². The van der Waals surface area contributed by atoms with E-state index in [9.17, 15) is 4.79 Å². The minimum atomic E-state index is -0.182. The lowest BCUT2D eigenvalue weighted by Crippen LogP contribution is -2.18. The fourth-order valence-corrected chi connectivity index (χ4v) is 2.25. The third-order valence-corrected chi connectivity index (χ3v) is 3.34. The monoisotopic (exact) mass is 306 g/mol. The largest absolute Gasteiger partial charge is 0.271 e. The molecule has 1 aliphatic rings. The molecule has 0 radical (unpaired) electrons. The Morgan fingerprint density at radius 1 is 1.44 bits per heavy atom. The second-order valence-corrected chi connectivity index (χ2v) is 5.19. The molecule has 3 nitrogen and oxygen atoms in total. The number of nitrogens with one attached hydrogen (secondary N) is 1. The van der Waals surface area contributed by atoms with Crippen LogP contribution in [0.2, 0.25) is 0 Å². The van der Waals surface area contributed by atoms with Crippen molar-refractivity contribution in [1.29, 1.82) is 0 Å². The van der Waals surface area contributed by atoms with Gasteiger partial charge in [-0.2, -0.15) is 5.10 Å². The maximum atomic E-state index is 11.8. The van der Waals surface area contributed by atoms with Gasteiger partial charge >= 0.3 is 0 Å². The molecular formula is C14H15BrN2O. The van der Waals surface area contributed by atoms with Crippen LogP contribution < -0.4 is 5.43 Å². The molecule has 1 unspecified atom stereocenters. The Kier molecular flexibility index (Phi) is 4.70. The average Bonchev–Trinajstić information content (AvgIpc) is 2.40. The Balaban J connectivity index is 1.88. The number of carbonyl (C=O) groups is 1. The lowest BCUT2D eigenvalue weighted by molar-refractivity contribution is 0.0955. The van der Waals surface area contributed by atoms with Gasteiger partial charge in [0.05, 0.1) is 0 Å². The lowest BCUT2D eigenvalue weighted by atomic mass is 9.96. The number of amides is 1. The van der Waals surface area contributed by atoms with Crippen LogP contribution in [0.3, 0.4) is 0 Å². The number of hydrogen-bond acceptors (Lipinski definition) is 2. The number of halogens is 1. The van der Waals surface area contributed by atoms with E-state index in [0.717, 1.165) is 23.7 Å². The van der Waals surface area contributed by atoms with E-state index in [1.807, 2.05) is 18.3 Å². The van der Waals surface area contributed by atoms with Crippen molar-refractivity contribution in [3.05, 3.63) is 46.5 Å². The highest BCUT2D eigenvalue weighted by molar-refractivity contribution is 9.10. The van der Waals surface area contributed by atoms with Gasteiger partial charge in [0.25, 0.3) is 5.91 Å². The van der Waals surface area contributed by atoms with Gasteiger partial charge in [0.15, 0.2) is 0 Å². The first-order chi connectivity index (χ1) is 8.75. The molecule has 0 aromatic heterocycles. The molecule has 0 fully saturated rings. The van der Waals surface area contributed by atoms with Gasteiger partial charge in [0.2, 0.25) is 0 Å². The third kappa shape index (κ3) is 3.81. The normalized spacial score (nSPS) is 19.1. The summed E-state index contributed by atoms with van der Waals surface area (Å²) in [6.45, 7) is 0. The van der Waals surface area contributed by atoms with Crippen LogP contribution >= 0.6 is 15.9 Å². The first-order valence-electron chi connectivity index (χ1n) is 6.00. The average molecular weight is 307 g/mol. The number of nitrogens with zero attached hydrogens (tertiary/aromatic N) is 1. The summed E-state index contributed by atoms with van der Waals surface area (Å²) in [7, 11) is 0. The van der Waals surface area contributed by atoms with Crippen LogP contribution in [0.5, 0.6) is 0 Å². The zero-order valence-electron chi connectivity index (χ0n) is 9.97. The smallest absolute Gasteiger partial charge is 0.267 e. The van der Waals surface area contributed by atoms with Gasteiger partial charge in [-0.3, -0.25) is 4.79 Å². The molecule has 0 spiro atoms. The summed E-state index contributed by atoms with van der Waals surface area (Å²) >= 11 is 3.34. The molecule has 0 aliphatic heterocycles. The summed E-state index contributed by atoms with van der Waals surface area (Å²) < 4.78 is 0.886. The molecule has 0 bridgehead atoms. The Morgan fingerprint density at radius 2 is 2.33 bits per heavy atom. The van der Waals surface area contributed by atoms with Crippen molar-refractivity contribution in [2.45, 2.75) is 19.3 Å². The Bertz CT molecular complexity index is 482. The van der Waals surface area contributed by atoms with Crippen molar-refractivity contribution in [3.8, 4) is 0 Å². The van der Waals surface area contributed by atoms with Crippen molar-refractivity contribution in [3.63, 3.8) is 0 Å². The van der Waals surface area contributed by atoms with Crippen molar-refractivity contribution in [2.24, 2.45) is 11.0 Å². The van der Waals surface area contributed by atoms with Crippen LogP contribution in [0.4, 0.5) is 0 Å². The van der Waals surface area contributed by atoms with Crippen LogP contribution in [-0.4, -0.2) is 12.1 Å². The minimum absolute atomic E-state index is 0.182. The van der Waals surface area contributed by atoms with E-state index in [1.165, 1.54) is 0 Å². The van der Waals surface area contributed by atoms with Crippen molar-refractivity contribution in [2.75, 3.05) is 0 Å². The predicted octanol–water partition coefficient (Wildman–Crippen LogP) is 3.52. The summed E-state index contributed by atoms with van der Waals surface area (Å²) in [5, 5.41) is 4.03. The van der Waals surface area contributed by atoms with Gasteiger partial charge in [-0.15, -0.1) is 0 Å². The lowest BCUT2D eigenvalue weighted by Gasteiger charge is -2.11. The van der Waals surface area contributed by atoms with Crippen molar-refractivity contribution >= 4 is 28.1 Å². The standard InChI is InChI=1S/C14H15BrN2O/c15-13-8-4-7-12(9-13)14(18)17-16-10-11-5-2-1-3-6-11/h1-2,4,7-11H,3,5-6H2,(H,17,18)/b16-10+. The van der Waals surface area contributed by atoms with Gasteiger partial charge in [-0.1, -0.05) is 34.1 Å². The summed E-state index contributed by atoms with van der Waals surface area (Å²) in [5.41, 5.74) is 3.16. The van der Waals surface area contributed by atoms with Crippen LogP contribution in [-0.2, 0) is 0 Å². The van der Waals surface area contributed by atoms with E-state index in [4.69, 9.17) is 0 Å². The SMILES string of the molecule is O=C(N/N=C/C1CC=CCC1)c1cccc(Br)c1. The van der Waals surface area contributed by atoms with E-state index in [2.05, 4.69) is 38.6 Å². The highest BCUT2D eigenvalue weighted by Gasteiger charge is 2.07. The number of benzene rings is 1. The predicted molar refractivity (Wildman–Crippen MR) is 76.6 cm³/mol. The number of carbonyl (C=O) groups excluding carboxylic acids is 1. The summed E-state index contributed by atoms with van der Waals surface area (Å²) in [6.07, 6.45) is 9.39. The summed E-state index contributed by atoms with van der Waals surface area (Å²) in [4.78, 5) is 11.8. The van der Waals surface area contributed by atoms with Crippen molar-refractivity contribution < 1.29 is 4.79 Å². The van der Waals surface area contributed by atoms with E-state index < -0.39 is 0 Å². The maximum absolute atomic E-state index is 11.8. The summed E-state index contributed by atoms with van der Waals surface area (Å²) in [5.74, 6) is 0.261. The van der Waals surface area contributed by atoms with Gasteiger partial charge < -0.3 is 0 Å². The molecule has 1 aromatic rings. The number of rotatable bonds is 3. The highest BCUT2D eigenvalue weighted by Crippen LogP contribution is 2.15. The van der Waals surface area contributed by atoms with Crippen LogP contribution in [0.25, 0.3) is 0 Å². The topological polar surface area (TPSA) is 41.5 Å². The van der Waals surface area contributed by atoms with Gasteiger partial charge in [0, 0.05) is 16.3 Å². The molecule has 1 N–H and O–H groups in total. The fourth-order valence-electron chi connectivity index (χ4n) is 1.85. The van der Waals surface area contributed by atoms with E-state index in [1.54, 1.807) is 12.1 Å². The number of hydrogen-bond donors (Lipinski definition) is 1. The van der Waals surface area contributed by atoms with E-state index in [0.29, 0.717) is 11.5 Å². The molecule has 4 heteroatoms. The minimum Gasteiger partial charge on any atom is -0.267 e. The van der Waals surface area contributed by atoms with Crippen LogP contribution in [0, 0.1) is 5.92 Å². The molecule has 1 atom stereocenters. The second-order valence-electron chi connectivity index (χ2n) is 4.27. The zero-order chi connectivity index (χ0) is 12.8. The number of hydrazone groups is 1. The Morgan fingerprint density at radius 3 is 3.06 bits per heavy atom. The maximum Gasteiger partial charge on any atom is 0.271 e.